The maximum atomic E-state index is 11.0. The molecule has 0 rings (SSSR count). The lowest BCUT2D eigenvalue weighted by Gasteiger charge is -2.20. The van der Waals surface area contributed by atoms with Gasteiger partial charge < -0.3 is 19.5 Å². The van der Waals surface area contributed by atoms with Crippen molar-refractivity contribution in [2.45, 2.75) is 19.3 Å². The van der Waals surface area contributed by atoms with E-state index in [9.17, 15) is 14.4 Å². The van der Waals surface area contributed by atoms with E-state index in [-0.39, 0.29) is 37.7 Å². The van der Waals surface area contributed by atoms with E-state index in [1.54, 1.807) is 4.90 Å². The highest BCUT2D eigenvalue weighted by Gasteiger charge is 2.12. The summed E-state index contributed by atoms with van der Waals surface area (Å²) in [6.07, 6.45) is 0.289. The minimum atomic E-state index is -0.920. The van der Waals surface area contributed by atoms with Crippen LogP contribution in [0.15, 0.2) is 0 Å². The Kier molecular flexibility index (Phi) is 8.55. The van der Waals surface area contributed by atoms with Crippen LogP contribution >= 0.6 is 0 Å². The fraction of sp³-hybridized carbons (Fsp3) is 0.727. The predicted octanol–water partition coefficient (Wildman–Crippen LogP) is -0.111. The van der Waals surface area contributed by atoms with Gasteiger partial charge in [-0.25, -0.2) is 0 Å². The molecule has 1 N–H and O–H groups in total. The van der Waals surface area contributed by atoms with Gasteiger partial charge in [-0.15, -0.1) is 0 Å². The minimum Gasteiger partial charge on any atom is -0.481 e. The summed E-state index contributed by atoms with van der Waals surface area (Å²) in [5, 5.41) is 8.60. The average molecular weight is 261 g/mol. The van der Waals surface area contributed by atoms with Gasteiger partial charge in [0, 0.05) is 19.6 Å². The van der Waals surface area contributed by atoms with Crippen LogP contribution in [0.2, 0.25) is 0 Å². The number of hydrogen-bond acceptors (Lipinski definition) is 6. The van der Waals surface area contributed by atoms with E-state index < -0.39 is 5.97 Å². The monoisotopic (exact) mass is 261 g/mol. The van der Waals surface area contributed by atoms with Crippen molar-refractivity contribution in [3.8, 4) is 0 Å². The maximum absolute atomic E-state index is 11.0. The summed E-state index contributed by atoms with van der Waals surface area (Å²) < 4.78 is 9.00. The lowest BCUT2D eigenvalue weighted by molar-refractivity contribution is -0.141. The van der Waals surface area contributed by atoms with E-state index in [4.69, 9.17) is 5.11 Å². The fourth-order valence-electron chi connectivity index (χ4n) is 1.29. The van der Waals surface area contributed by atoms with Gasteiger partial charge in [0.25, 0.3) is 0 Å². The Balaban J connectivity index is 4.10. The zero-order valence-electron chi connectivity index (χ0n) is 10.7. The summed E-state index contributed by atoms with van der Waals surface area (Å²) in [6.45, 7) is 0.997. The lowest BCUT2D eigenvalue weighted by atomic mass is 10.3. The summed E-state index contributed by atoms with van der Waals surface area (Å²) in [5.74, 6) is -1.65. The first-order valence-corrected chi connectivity index (χ1v) is 5.57. The average Bonchev–Trinajstić information content (AvgIpc) is 2.36. The third-order valence-corrected chi connectivity index (χ3v) is 2.36. The number of aliphatic carboxylic acids is 1. The van der Waals surface area contributed by atoms with Crippen LogP contribution in [0, 0.1) is 0 Å². The molecule has 0 radical (unpaired) electrons. The second kappa shape index (κ2) is 9.41. The second-order valence-electron chi connectivity index (χ2n) is 3.64. The Morgan fingerprint density at radius 3 is 1.61 bits per heavy atom. The highest BCUT2D eigenvalue weighted by molar-refractivity contribution is 5.70. The number of hydrogen-bond donors (Lipinski definition) is 1. The molecule has 18 heavy (non-hydrogen) atoms. The van der Waals surface area contributed by atoms with E-state index in [0.29, 0.717) is 13.1 Å². The van der Waals surface area contributed by atoms with E-state index >= 15 is 0 Å². The molecule has 0 unspecified atom stereocenters. The number of carboxylic acids is 1. The molecular formula is C11H19NO6. The summed E-state index contributed by atoms with van der Waals surface area (Å²) in [5.41, 5.74) is 0. The van der Waals surface area contributed by atoms with Gasteiger partial charge in [-0.3, -0.25) is 14.4 Å². The van der Waals surface area contributed by atoms with Gasteiger partial charge in [-0.05, 0) is 0 Å². The number of carbonyl (C=O) groups is 3. The molecule has 0 saturated carbocycles. The van der Waals surface area contributed by atoms with Crippen molar-refractivity contribution >= 4 is 17.9 Å². The number of carbonyl (C=O) groups excluding carboxylic acids is 2. The molecule has 0 heterocycles. The van der Waals surface area contributed by atoms with E-state index in [2.05, 4.69) is 9.47 Å². The number of rotatable bonds is 9. The Hall–Kier alpha value is -1.63. The Labute approximate surface area is 106 Å². The van der Waals surface area contributed by atoms with Crippen LogP contribution in [0.4, 0.5) is 0 Å². The van der Waals surface area contributed by atoms with Gasteiger partial charge in [0.05, 0.1) is 33.5 Å². The molecule has 0 spiro atoms. The van der Waals surface area contributed by atoms with Crippen molar-refractivity contribution in [3.05, 3.63) is 0 Å². The molecule has 0 fully saturated rings. The highest BCUT2D eigenvalue weighted by Crippen LogP contribution is 1.99. The molecule has 7 heteroatoms. The molecule has 0 aromatic rings. The summed E-state index contributed by atoms with van der Waals surface area (Å²) in [4.78, 5) is 34.2. The van der Waals surface area contributed by atoms with E-state index in [1.807, 2.05) is 0 Å². The van der Waals surface area contributed by atoms with E-state index in [1.165, 1.54) is 14.2 Å². The van der Waals surface area contributed by atoms with Gasteiger partial charge in [-0.2, -0.15) is 0 Å². The molecule has 0 aromatic heterocycles. The van der Waals surface area contributed by atoms with Crippen molar-refractivity contribution in [1.82, 2.24) is 4.90 Å². The van der Waals surface area contributed by atoms with Crippen molar-refractivity contribution in [3.63, 3.8) is 0 Å². The van der Waals surface area contributed by atoms with Gasteiger partial charge in [0.1, 0.15) is 0 Å². The molecule has 0 aliphatic rings. The van der Waals surface area contributed by atoms with Crippen molar-refractivity contribution in [1.29, 1.82) is 0 Å². The molecule has 0 amide bonds. The molecule has 0 bridgehead atoms. The van der Waals surface area contributed by atoms with Crippen LogP contribution in [0.3, 0.4) is 0 Å². The highest BCUT2D eigenvalue weighted by atomic mass is 16.5. The van der Waals surface area contributed by atoms with Gasteiger partial charge in [-0.1, -0.05) is 0 Å². The van der Waals surface area contributed by atoms with Crippen LogP contribution in [0.5, 0.6) is 0 Å². The Bertz CT molecular complexity index is 271. The number of methoxy groups -OCH3 is 2. The van der Waals surface area contributed by atoms with Gasteiger partial charge >= 0.3 is 17.9 Å². The molecule has 0 aromatic carbocycles. The Morgan fingerprint density at radius 2 is 1.28 bits per heavy atom. The van der Waals surface area contributed by atoms with Crippen molar-refractivity contribution in [2.75, 3.05) is 33.9 Å². The number of carboxylic acid groups (broad SMARTS) is 1. The first-order valence-electron chi connectivity index (χ1n) is 5.57. The SMILES string of the molecule is COC(=O)CCN(CCC(=O)O)CCC(=O)OC. The largest absolute Gasteiger partial charge is 0.481 e. The normalized spacial score (nSPS) is 10.2. The fourth-order valence-corrected chi connectivity index (χ4v) is 1.29. The quantitative estimate of drug-likeness (QED) is 0.579. The zero-order valence-corrected chi connectivity index (χ0v) is 10.7. The molecule has 104 valence electrons. The minimum absolute atomic E-state index is 0.0393. The van der Waals surface area contributed by atoms with Crippen LogP contribution in [-0.4, -0.2) is 61.8 Å². The third kappa shape index (κ3) is 8.51. The number of ether oxygens (including phenoxy) is 2. The number of esters is 2. The van der Waals surface area contributed by atoms with Gasteiger partial charge in [0.15, 0.2) is 0 Å². The summed E-state index contributed by atoms with van der Waals surface area (Å²) in [6, 6.07) is 0. The molecule has 0 atom stereocenters. The first-order chi connectivity index (χ1) is 8.49. The lowest BCUT2D eigenvalue weighted by Crippen LogP contribution is -2.31. The van der Waals surface area contributed by atoms with Crippen LogP contribution in [0.25, 0.3) is 0 Å². The molecule has 0 aliphatic carbocycles. The number of nitrogens with zero attached hydrogens (tertiary/aromatic N) is 1. The first kappa shape index (κ1) is 16.4. The summed E-state index contributed by atoms with van der Waals surface area (Å²) in [7, 11) is 2.58. The molecular weight excluding hydrogens is 242 g/mol. The Morgan fingerprint density at radius 1 is 0.889 bits per heavy atom. The smallest absolute Gasteiger partial charge is 0.306 e. The maximum Gasteiger partial charge on any atom is 0.306 e. The zero-order chi connectivity index (χ0) is 14.0. The molecule has 7 nitrogen and oxygen atoms in total. The summed E-state index contributed by atoms with van der Waals surface area (Å²) >= 11 is 0. The van der Waals surface area contributed by atoms with E-state index in [0.717, 1.165) is 0 Å². The van der Waals surface area contributed by atoms with Crippen molar-refractivity contribution < 1.29 is 29.0 Å². The predicted molar refractivity (Wildman–Crippen MR) is 62.0 cm³/mol. The van der Waals surface area contributed by atoms with Crippen LogP contribution in [-0.2, 0) is 23.9 Å². The third-order valence-electron chi connectivity index (χ3n) is 2.36. The standard InChI is InChI=1S/C11H19NO6/c1-17-10(15)4-7-12(6-3-9(13)14)8-5-11(16)18-2/h3-8H2,1-2H3,(H,13,14). The van der Waals surface area contributed by atoms with Gasteiger partial charge in [0.2, 0.25) is 0 Å². The topological polar surface area (TPSA) is 93.1 Å². The molecule has 0 saturated heterocycles. The molecule has 0 aliphatic heterocycles. The van der Waals surface area contributed by atoms with Crippen LogP contribution in [0.1, 0.15) is 19.3 Å². The van der Waals surface area contributed by atoms with Crippen LogP contribution < -0.4 is 0 Å². The van der Waals surface area contributed by atoms with Crippen molar-refractivity contribution in [2.24, 2.45) is 0 Å². The second-order valence-corrected chi connectivity index (χ2v) is 3.64.